The van der Waals surface area contributed by atoms with Crippen LogP contribution in [0.2, 0.25) is 0 Å². The van der Waals surface area contributed by atoms with E-state index in [9.17, 15) is 0 Å². The van der Waals surface area contributed by atoms with Gasteiger partial charge in [0.25, 0.3) is 0 Å². The summed E-state index contributed by atoms with van der Waals surface area (Å²) < 4.78 is 32.9. The van der Waals surface area contributed by atoms with Crippen LogP contribution in [-0.4, -0.2) is 12.0 Å². The molecule has 0 bridgehead atoms. The standard InChI is InChI=1S/C37H28N3OS2.Pt/c1-37(2,3)23-14-16-38-31(18-23)29-20-28-26-15-17-42-34(26)13-12-27(28)36-30(29)21-35(43-36)41-25-9-7-8-24(19-25)40-22-39(4)32-10-5-6-11-33(32)40;/h5-18,20,22H,1-4H3;/q-3;/i4D3;. The number of thiophene rings is 2. The Bertz CT molecular complexity index is 2290. The topological polar surface area (TPSA) is 28.6 Å². The average molecular weight is 793 g/mol. The van der Waals surface area contributed by atoms with E-state index in [1.807, 2.05) is 53.6 Å². The summed E-state index contributed by atoms with van der Waals surface area (Å²) in [5, 5.41) is 7.27. The summed E-state index contributed by atoms with van der Waals surface area (Å²) in [6, 6.07) is 33.1. The fourth-order valence-corrected chi connectivity index (χ4v) is 7.50. The molecule has 3 aromatic heterocycles. The van der Waals surface area contributed by atoms with E-state index in [2.05, 4.69) is 74.7 Å². The van der Waals surface area contributed by atoms with Crippen LogP contribution in [0.1, 0.15) is 30.4 Å². The molecular weight excluding hydrogens is 762 g/mol. The van der Waals surface area contributed by atoms with Gasteiger partial charge in [-0.3, -0.25) is 4.98 Å². The predicted octanol–water partition coefficient (Wildman–Crippen LogP) is 10.7. The van der Waals surface area contributed by atoms with Gasteiger partial charge in [-0.2, -0.15) is 29.5 Å². The third-order valence-corrected chi connectivity index (χ3v) is 9.76. The zero-order valence-electron chi connectivity index (χ0n) is 27.1. The Kier molecular flexibility index (Phi) is 6.42. The van der Waals surface area contributed by atoms with Gasteiger partial charge in [-0.05, 0) is 70.5 Å². The number of ether oxygens (including phenoxy) is 1. The molecule has 0 radical (unpaired) electrons. The summed E-state index contributed by atoms with van der Waals surface area (Å²) in [6.45, 7) is 5.92. The molecule has 4 heterocycles. The third-order valence-electron chi connectivity index (χ3n) is 7.88. The number of hydrogen-bond acceptors (Lipinski definition) is 6. The van der Waals surface area contributed by atoms with Crippen molar-refractivity contribution in [2.45, 2.75) is 26.2 Å². The summed E-state index contributed by atoms with van der Waals surface area (Å²) in [5.41, 5.74) is 5.17. The molecule has 0 fully saturated rings. The molecule has 0 saturated carbocycles. The smallest absolute Gasteiger partial charge is 0.107 e. The number of fused-ring (bicyclic) bond motifs is 6. The van der Waals surface area contributed by atoms with E-state index in [-0.39, 0.29) is 26.5 Å². The van der Waals surface area contributed by atoms with Crippen molar-refractivity contribution in [1.29, 1.82) is 0 Å². The molecule has 4 nitrogen and oxygen atoms in total. The molecule has 7 heteroatoms. The summed E-state index contributed by atoms with van der Waals surface area (Å²) in [7, 11) is 0. The zero-order chi connectivity index (χ0) is 31.8. The van der Waals surface area contributed by atoms with Crippen LogP contribution >= 0.6 is 22.7 Å². The van der Waals surface area contributed by atoms with Crippen LogP contribution in [0.15, 0.2) is 90.4 Å². The number of rotatable bonds is 4. The molecule has 8 rings (SSSR count). The van der Waals surface area contributed by atoms with Crippen molar-refractivity contribution in [2.24, 2.45) is 0 Å². The average Bonchev–Trinajstić information content (AvgIpc) is 3.77. The van der Waals surface area contributed by atoms with Crippen molar-refractivity contribution in [3.05, 3.63) is 115 Å². The van der Waals surface area contributed by atoms with E-state index in [4.69, 9.17) is 13.8 Å². The van der Waals surface area contributed by atoms with Crippen LogP contribution in [-0.2, 0) is 26.5 Å². The van der Waals surface area contributed by atoms with Crippen molar-refractivity contribution in [3.8, 4) is 22.1 Å². The van der Waals surface area contributed by atoms with Crippen molar-refractivity contribution in [1.82, 2.24) is 4.98 Å². The second-order valence-corrected chi connectivity index (χ2v) is 13.6. The number of para-hydroxylation sites is 2. The minimum atomic E-state index is -2.32. The number of aromatic nitrogens is 1. The first-order valence-corrected chi connectivity index (χ1v) is 15.7. The first kappa shape index (κ1) is 25.6. The normalized spacial score (nSPS) is 14.4. The van der Waals surface area contributed by atoms with Crippen LogP contribution in [0.5, 0.6) is 10.8 Å². The molecule has 1 aliphatic heterocycles. The molecule has 4 aromatic carbocycles. The minimum Gasteiger partial charge on any atom is -0.504 e. The van der Waals surface area contributed by atoms with Crippen LogP contribution in [0.3, 0.4) is 0 Å². The van der Waals surface area contributed by atoms with E-state index in [1.165, 1.54) is 25.9 Å². The summed E-state index contributed by atoms with van der Waals surface area (Å²) in [4.78, 5) is 7.96. The molecule has 0 saturated heterocycles. The quantitative estimate of drug-likeness (QED) is 0.166. The monoisotopic (exact) mass is 792 g/mol. The van der Waals surface area contributed by atoms with Gasteiger partial charge in [0.2, 0.25) is 0 Å². The maximum Gasteiger partial charge on any atom is 0.107 e. The SMILES string of the molecule is [2H]C([2H])([2H])N1[CH-]N(c2[c-]c(Oc3[c-]c4c(-c5cc(C(C)(C)C)ccn5)cc5c6ccsc6ccc5c4s3)ccc2)c2ccccc21.[Pt]. The predicted molar refractivity (Wildman–Crippen MR) is 182 cm³/mol. The Morgan fingerprint density at radius 3 is 2.61 bits per heavy atom. The van der Waals surface area contributed by atoms with Gasteiger partial charge in [0.15, 0.2) is 0 Å². The Hall–Kier alpha value is -3.70. The molecule has 7 aromatic rings. The number of nitrogens with zero attached hydrogens (tertiary/aromatic N) is 3. The molecule has 0 amide bonds. The van der Waals surface area contributed by atoms with Crippen LogP contribution < -0.4 is 14.5 Å². The molecule has 0 spiro atoms. The van der Waals surface area contributed by atoms with Crippen molar-refractivity contribution >= 4 is 70.7 Å². The maximum atomic E-state index is 8.03. The van der Waals surface area contributed by atoms with E-state index >= 15 is 0 Å². The zero-order valence-corrected chi connectivity index (χ0v) is 28.0. The second-order valence-electron chi connectivity index (χ2n) is 11.7. The maximum absolute atomic E-state index is 8.03. The fourth-order valence-electron chi connectivity index (χ4n) is 5.68. The first-order valence-electron chi connectivity index (χ1n) is 15.5. The van der Waals surface area contributed by atoms with Crippen molar-refractivity contribution in [2.75, 3.05) is 16.8 Å². The van der Waals surface area contributed by atoms with Gasteiger partial charge >= 0.3 is 0 Å². The van der Waals surface area contributed by atoms with Gasteiger partial charge in [-0.25, -0.2) is 0 Å². The summed E-state index contributed by atoms with van der Waals surface area (Å²) in [6.07, 6.45) is 1.89. The van der Waals surface area contributed by atoms with E-state index in [0.29, 0.717) is 22.2 Å². The fraction of sp³-hybridized carbons (Fsp3) is 0.135. The van der Waals surface area contributed by atoms with Crippen LogP contribution in [0, 0.1) is 18.8 Å². The first-order chi connectivity index (χ1) is 22.0. The van der Waals surface area contributed by atoms with Gasteiger partial charge < -0.3 is 14.5 Å². The molecule has 0 atom stereocenters. The third kappa shape index (κ3) is 4.90. The van der Waals surface area contributed by atoms with Gasteiger partial charge in [0.1, 0.15) is 5.06 Å². The number of benzene rings is 4. The molecule has 1 aliphatic rings. The van der Waals surface area contributed by atoms with Crippen molar-refractivity contribution < 1.29 is 29.9 Å². The van der Waals surface area contributed by atoms with Gasteiger partial charge in [-0.1, -0.05) is 54.6 Å². The van der Waals surface area contributed by atoms with Gasteiger partial charge in [0.05, 0.1) is 0 Å². The van der Waals surface area contributed by atoms with Crippen LogP contribution in [0.4, 0.5) is 17.1 Å². The van der Waals surface area contributed by atoms with Crippen LogP contribution in [0.25, 0.3) is 42.2 Å². The number of anilines is 3. The molecule has 0 N–H and O–H groups in total. The number of pyridine rings is 1. The molecule has 0 unspecified atom stereocenters. The van der Waals surface area contributed by atoms with E-state index < -0.39 is 6.98 Å². The Morgan fingerprint density at radius 2 is 1.77 bits per heavy atom. The van der Waals surface area contributed by atoms with E-state index in [1.54, 1.807) is 29.3 Å². The second kappa shape index (κ2) is 11.0. The molecular formula is C37H28N3OPtS2-3. The Labute approximate surface area is 284 Å². The molecule has 0 aliphatic carbocycles. The number of hydrogen-bond donors (Lipinski definition) is 0. The van der Waals surface area contributed by atoms with Crippen molar-refractivity contribution in [3.63, 3.8) is 0 Å². The Balaban J connectivity index is 0.00000351. The summed E-state index contributed by atoms with van der Waals surface area (Å²) >= 11 is 3.30. The minimum absolute atomic E-state index is 0. The largest absolute Gasteiger partial charge is 0.504 e. The Morgan fingerprint density at radius 1 is 0.909 bits per heavy atom. The summed E-state index contributed by atoms with van der Waals surface area (Å²) in [5.74, 6) is 0.512. The molecule has 44 heavy (non-hydrogen) atoms. The van der Waals surface area contributed by atoms with Gasteiger partial charge in [0, 0.05) is 58.9 Å². The van der Waals surface area contributed by atoms with Gasteiger partial charge in [-0.15, -0.1) is 47.4 Å². The van der Waals surface area contributed by atoms with E-state index in [0.717, 1.165) is 32.4 Å². The molecule has 222 valence electrons.